The first kappa shape index (κ1) is 16.3. The molecule has 6 heteroatoms. The van der Waals surface area contributed by atoms with E-state index in [2.05, 4.69) is 4.72 Å². The van der Waals surface area contributed by atoms with Gasteiger partial charge < -0.3 is 9.84 Å². The summed E-state index contributed by atoms with van der Waals surface area (Å²) < 4.78 is 33.1. The first-order valence-corrected chi connectivity index (χ1v) is 8.69. The normalized spacial score (nSPS) is 16.0. The second kappa shape index (κ2) is 5.94. The Labute approximate surface area is 126 Å². The van der Waals surface area contributed by atoms with E-state index in [-0.39, 0.29) is 11.5 Å². The number of nitrogens with one attached hydrogen (secondary N) is 1. The zero-order valence-corrected chi connectivity index (χ0v) is 13.5. The molecule has 1 aliphatic rings. The number of benzene rings is 1. The number of rotatable bonds is 7. The Morgan fingerprint density at radius 1 is 1.38 bits per heavy atom. The molecule has 1 aromatic carbocycles. The average molecular weight is 313 g/mol. The van der Waals surface area contributed by atoms with Gasteiger partial charge in [-0.2, -0.15) is 0 Å². The smallest absolute Gasteiger partial charge is 0.241 e. The average Bonchev–Trinajstić information content (AvgIpc) is 3.22. The van der Waals surface area contributed by atoms with Gasteiger partial charge in [-0.1, -0.05) is 0 Å². The zero-order chi connectivity index (χ0) is 15.7. The minimum Gasteiger partial charge on any atom is -0.494 e. The van der Waals surface area contributed by atoms with Crippen LogP contribution in [-0.2, 0) is 16.6 Å². The molecule has 0 saturated heterocycles. The maximum atomic E-state index is 12.5. The summed E-state index contributed by atoms with van der Waals surface area (Å²) >= 11 is 0. The first-order chi connectivity index (χ1) is 9.80. The van der Waals surface area contributed by atoms with Crippen LogP contribution in [0.2, 0.25) is 0 Å². The molecule has 21 heavy (non-hydrogen) atoms. The van der Waals surface area contributed by atoms with Crippen molar-refractivity contribution in [2.24, 2.45) is 5.92 Å². The summed E-state index contributed by atoms with van der Waals surface area (Å²) in [5.41, 5.74) is 0.0283. The molecule has 1 aromatic rings. The van der Waals surface area contributed by atoms with Crippen LogP contribution in [0.25, 0.3) is 0 Å². The Morgan fingerprint density at radius 3 is 2.57 bits per heavy atom. The molecule has 0 amide bonds. The van der Waals surface area contributed by atoms with E-state index in [0.717, 1.165) is 12.8 Å². The molecule has 2 rings (SSSR count). The van der Waals surface area contributed by atoms with Crippen molar-refractivity contribution in [1.29, 1.82) is 0 Å². The van der Waals surface area contributed by atoms with Crippen molar-refractivity contribution >= 4 is 10.0 Å². The third-order valence-corrected chi connectivity index (χ3v) is 5.48. The fourth-order valence-electron chi connectivity index (χ4n) is 2.44. The highest BCUT2D eigenvalue weighted by Crippen LogP contribution is 2.40. The summed E-state index contributed by atoms with van der Waals surface area (Å²) in [6.45, 7) is 5.86. The molecule has 1 saturated carbocycles. The number of aliphatic hydroxyl groups excluding tert-OH is 1. The molecular weight excluding hydrogens is 290 g/mol. The minimum absolute atomic E-state index is 0.156. The lowest BCUT2D eigenvalue weighted by Crippen LogP contribution is -2.45. The topological polar surface area (TPSA) is 75.6 Å². The van der Waals surface area contributed by atoms with Gasteiger partial charge in [0.05, 0.1) is 18.1 Å². The van der Waals surface area contributed by atoms with Crippen LogP contribution < -0.4 is 9.46 Å². The zero-order valence-electron chi connectivity index (χ0n) is 12.7. The number of sulfonamides is 1. The second-order valence-corrected chi connectivity index (χ2v) is 7.64. The molecule has 0 unspecified atom stereocenters. The highest BCUT2D eigenvalue weighted by atomic mass is 32.2. The maximum Gasteiger partial charge on any atom is 0.241 e. The van der Waals surface area contributed by atoms with Gasteiger partial charge in [-0.25, -0.2) is 13.1 Å². The summed E-state index contributed by atoms with van der Waals surface area (Å²) in [7, 11) is -3.60. The van der Waals surface area contributed by atoms with Crippen LogP contribution in [0.3, 0.4) is 0 Å². The van der Waals surface area contributed by atoms with Crippen molar-refractivity contribution in [1.82, 2.24) is 4.72 Å². The summed E-state index contributed by atoms with van der Waals surface area (Å²) in [6, 6.07) is 4.57. The van der Waals surface area contributed by atoms with Gasteiger partial charge >= 0.3 is 0 Å². The molecule has 0 aromatic heterocycles. The molecule has 2 N–H and O–H groups in total. The van der Waals surface area contributed by atoms with Gasteiger partial charge in [0.2, 0.25) is 10.0 Å². The molecule has 0 bridgehead atoms. The van der Waals surface area contributed by atoms with Crippen LogP contribution in [0.15, 0.2) is 23.1 Å². The van der Waals surface area contributed by atoms with Crippen molar-refractivity contribution in [2.75, 3.05) is 6.61 Å². The first-order valence-electron chi connectivity index (χ1n) is 7.20. The lowest BCUT2D eigenvalue weighted by atomic mass is 10.0. The van der Waals surface area contributed by atoms with E-state index in [1.165, 1.54) is 12.1 Å². The summed E-state index contributed by atoms with van der Waals surface area (Å²) in [4.78, 5) is 0.156. The van der Waals surface area contributed by atoms with Crippen molar-refractivity contribution in [3.63, 3.8) is 0 Å². The quantitative estimate of drug-likeness (QED) is 0.808. The predicted molar refractivity (Wildman–Crippen MR) is 80.7 cm³/mol. The third kappa shape index (κ3) is 3.75. The molecule has 118 valence electrons. The van der Waals surface area contributed by atoms with Crippen molar-refractivity contribution in [2.45, 2.75) is 50.7 Å². The van der Waals surface area contributed by atoms with Gasteiger partial charge in [0, 0.05) is 11.1 Å². The lowest BCUT2D eigenvalue weighted by molar-refractivity contribution is 0.266. The van der Waals surface area contributed by atoms with Crippen LogP contribution >= 0.6 is 0 Å². The number of aliphatic hydroxyl groups is 1. The molecule has 0 radical (unpaired) electrons. The number of ether oxygens (including phenoxy) is 1. The summed E-state index contributed by atoms with van der Waals surface area (Å²) in [5.74, 6) is 0.910. The second-order valence-electron chi connectivity index (χ2n) is 5.96. The Balaban J connectivity index is 2.27. The molecule has 1 aliphatic carbocycles. The molecular formula is C15H23NO4S. The van der Waals surface area contributed by atoms with Gasteiger partial charge in [-0.3, -0.25) is 0 Å². The van der Waals surface area contributed by atoms with E-state index in [0.29, 0.717) is 23.8 Å². The summed E-state index contributed by atoms with van der Waals surface area (Å²) in [5, 5.41) is 9.37. The minimum atomic E-state index is -3.60. The SMILES string of the molecule is CCOc1ccc(S(=O)(=O)NC(C)(C)C2CC2)cc1CO. The molecule has 0 aliphatic heterocycles. The Hall–Kier alpha value is -1.11. The van der Waals surface area contributed by atoms with Crippen LogP contribution in [0.5, 0.6) is 5.75 Å². The van der Waals surface area contributed by atoms with Gasteiger partial charge in [-0.15, -0.1) is 0 Å². The Bertz CT molecular complexity index is 606. The van der Waals surface area contributed by atoms with E-state index >= 15 is 0 Å². The molecule has 1 fully saturated rings. The highest BCUT2D eigenvalue weighted by molar-refractivity contribution is 7.89. The van der Waals surface area contributed by atoms with E-state index < -0.39 is 15.6 Å². The van der Waals surface area contributed by atoms with Gasteiger partial charge in [0.15, 0.2) is 0 Å². The van der Waals surface area contributed by atoms with Crippen LogP contribution in [0.4, 0.5) is 0 Å². The van der Waals surface area contributed by atoms with Crippen molar-refractivity contribution in [3.05, 3.63) is 23.8 Å². The van der Waals surface area contributed by atoms with Gasteiger partial charge in [0.1, 0.15) is 5.75 Å². The Kier molecular flexibility index (Phi) is 4.60. The van der Waals surface area contributed by atoms with Gasteiger partial charge in [-0.05, 0) is 57.7 Å². The fourth-order valence-corrected chi connectivity index (χ4v) is 3.96. The number of hydrogen-bond donors (Lipinski definition) is 2. The van der Waals surface area contributed by atoms with Crippen molar-refractivity contribution < 1.29 is 18.3 Å². The fraction of sp³-hybridized carbons (Fsp3) is 0.600. The van der Waals surface area contributed by atoms with E-state index in [1.807, 2.05) is 20.8 Å². The lowest BCUT2D eigenvalue weighted by Gasteiger charge is -2.26. The monoisotopic (exact) mass is 313 g/mol. The van der Waals surface area contributed by atoms with E-state index in [9.17, 15) is 13.5 Å². The summed E-state index contributed by atoms with van der Waals surface area (Å²) in [6.07, 6.45) is 2.11. The van der Waals surface area contributed by atoms with Crippen molar-refractivity contribution in [3.8, 4) is 5.75 Å². The standard InChI is InChI=1S/C15H23NO4S/c1-4-20-14-8-7-13(9-11(14)10-17)21(18,19)16-15(2,3)12-5-6-12/h7-9,12,16-17H,4-6,10H2,1-3H3. The Morgan fingerprint density at radius 2 is 2.05 bits per heavy atom. The predicted octanol–water partition coefficient (Wildman–Crippen LogP) is 2.04. The maximum absolute atomic E-state index is 12.5. The molecule has 5 nitrogen and oxygen atoms in total. The van der Waals surface area contributed by atoms with Crippen LogP contribution in [0, 0.1) is 5.92 Å². The largest absolute Gasteiger partial charge is 0.494 e. The molecule has 0 spiro atoms. The van der Waals surface area contributed by atoms with Gasteiger partial charge in [0.25, 0.3) is 0 Å². The third-order valence-electron chi connectivity index (χ3n) is 3.81. The molecule has 0 atom stereocenters. The molecule has 0 heterocycles. The van der Waals surface area contributed by atoms with E-state index in [4.69, 9.17) is 4.74 Å². The van der Waals surface area contributed by atoms with Crippen LogP contribution in [-0.4, -0.2) is 25.7 Å². The van der Waals surface area contributed by atoms with Crippen LogP contribution in [0.1, 0.15) is 39.2 Å². The van der Waals surface area contributed by atoms with E-state index in [1.54, 1.807) is 6.07 Å². The highest BCUT2D eigenvalue weighted by Gasteiger charge is 2.40. The number of hydrogen-bond acceptors (Lipinski definition) is 4.